The summed E-state index contributed by atoms with van der Waals surface area (Å²) in [5.74, 6) is 0.778. The van der Waals surface area contributed by atoms with Crippen LogP contribution in [0, 0.1) is 0 Å². The minimum absolute atomic E-state index is 0.0431. The highest BCUT2D eigenvalue weighted by Gasteiger charge is 2.27. The summed E-state index contributed by atoms with van der Waals surface area (Å²) in [6.45, 7) is 1.23. The van der Waals surface area contributed by atoms with E-state index in [0.29, 0.717) is 25.2 Å². The van der Waals surface area contributed by atoms with E-state index in [9.17, 15) is 4.79 Å². The van der Waals surface area contributed by atoms with Crippen LogP contribution in [0.15, 0.2) is 23.6 Å². The number of aromatic nitrogens is 1. The third-order valence-electron chi connectivity index (χ3n) is 3.56. The standard InChI is InChI=1S/C15H17N3O2S/c1-20-11-2-3-13-10(8-11)5-7-18(13)15(19)12-9-21-14(17-12)4-6-16/h2-3,8-9H,4-7,16H2,1H3. The first-order valence-electron chi connectivity index (χ1n) is 6.86. The molecule has 110 valence electrons. The molecule has 0 bridgehead atoms. The van der Waals surface area contributed by atoms with Gasteiger partial charge in [-0.2, -0.15) is 0 Å². The minimum Gasteiger partial charge on any atom is -0.497 e. The number of fused-ring (bicyclic) bond motifs is 1. The van der Waals surface area contributed by atoms with E-state index in [4.69, 9.17) is 10.5 Å². The monoisotopic (exact) mass is 303 g/mol. The predicted molar refractivity (Wildman–Crippen MR) is 83.2 cm³/mol. The van der Waals surface area contributed by atoms with Crippen LogP contribution in [0.25, 0.3) is 0 Å². The van der Waals surface area contributed by atoms with Gasteiger partial charge in [0.2, 0.25) is 0 Å². The van der Waals surface area contributed by atoms with Gasteiger partial charge in [0.15, 0.2) is 0 Å². The maximum atomic E-state index is 12.6. The Morgan fingerprint density at radius 1 is 1.52 bits per heavy atom. The third-order valence-corrected chi connectivity index (χ3v) is 4.47. The van der Waals surface area contributed by atoms with Gasteiger partial charge in [-0.25, -0.2) is 4.98 Å². The minimum atomic E-state index is -0.0431. The predicted octanol–water partition coefficient (Wildman–Crippen LogP) is 1.86. The second-order valence-electron chi connectivity index (χ2n) is 4.87. The lowest BCUT2D eigenvalue weighted by atomic mass is 10.1. The number of benzene rings is 1. The molecule has 2 heterocycles. The number of amides is 1. The number of hydrogen-bond acceptors (Lipinski definition) is 5. The first-order valence-corrected chi connectivity index (χ1v) is 7.74. The van der Waals surface area contributed by atoms with Gasteiger partial charge in [0.1, 0.15) is 11.4 Å². The molecule has 0 radical (unpaired) electrons. The fraction of sp³-hybridized carbons (Fsp3) is 0.333. The highest BCUT2D eigenvalue weighted by atomic mass is 32.1. The summed E-state index contributed by atoms with van der Waals surface area (Å²) >= 11 is 1.49. The van der Waals surface area contributed by atoms with Crippen LogP contribution < -0.4 is 15.4 Å². The lowest BCUT2D eigenvalue weighted by molar-refractivity contribution is 0.0985. The van der Waals surface area contributed by atoms with Crippen molar-refractivity contribution in [2.24, 2.45) is 5.73 Å². The Morgan fingerprint density at radius 3 is 3.14 bits per heavy atom. The number of nitrogens with zero attached hydrogens (tertiary/aromatic N) is 2. The fourth-order valence-corrected chi connectivity index (χ4v) is 3.29. The lowest BCUT2D eigenvalue weighted by Crippen LogP contribution is -2.29. The Hall–Kier alpha value is -1.92. The van der Waals surface area contributed by atoms with E-state index in [-0.39, 0.29) is 5.91 Å². The summed E-state index contributed by atoms with van der Waals surface area (Å²) in [7, 11) is 1.65. The molecular weight excluding hydrogens is 286 g/mol. The maximum Gasteiger partial charge on any atom is 0.277 e. The van der Waals surface area contributed by atoms with Crippen molar-refractivity contribution >= 4 is 22.9 Å². The first-order chi connectivity index (χ1) is 10.2. The van der Waals surface area contributed by atoms with Crippen molar-refractivity contribution in [1.82, 2.24) is 4.98 Å². The molecule has 1 aliphatic heterocycles. The Labute approximate surface area is 127 Å². The smallest absolute Gasteiger partial charge is 0.277 e. The van der Waals surface area contributed by atoms with Crippen molar-refractivity contribution in [1.29, 1.82) is 0 Å². The van der Waals surface area contributed by atoms with E-state index in [1.165, 1.54) is 11.3 Å². The van der Waals surface area contributed by atoms with Crippen LogP contribution in [0.3, 0.4) is 0 Å². The number of carbonyl (C=O) groups excluding carboxylic acids is 1. The molecule has 0 saturated carbocycles. The molecular formula is C15H17N3O2S. The topological polar surface area (TPSA) is 68.5 Å². The van der Waals surface area contributed by atoms with Crippen LogP contribution in [0.2, 0.25) is 0 Å². The van der Waals surface area contributed by atoms with Crippen LogP contribution in [0.5, 0.6) is 5.75 Å². The molecule has 21 heavy (non-hydrogen) atoms. The van der Waals surface area contributed by atoms with E-state index >= 15 is 0 Å². The van der Waals surface area contributed by atoms with E-state index in [2.05, 4.69) is 4.98 Å². The Bertz CT molecular complexity index is 669. The van der Waals surface area contributed by atoms with Crippen LogP contribution >= 0.6 is 11.3 Å². The Morgan fingerprint density at radius 2 is 2.38 bits per heavy atom. The third kappa shape index (κ3) is 2.64. The lowest BCUT2D eigenvalue weighted by Gasteiger charge is -2.16. The molecule has 0 spiro atoms. The molecule has 1 aromatic heterocycles. The fourth-order valence-electron chi connectivity index (χ4n) is 2.50. The van der Waals surface area contributed by atoms with E-state index in [0.717, 1.165) is 28.4 Å². The number of anilines is 1. The van der Waals surface area contributed by atoms with E-state index in [1.807, 2.05) is 23.6 Å². The van der Waals surface area contributed by atoms with E-state index in [1.54, 1.807) is 12.0 Å². The SMILES string of the molecule is COc1ccc2c(c1)CCN2C(=O)c1csc(CCN)n1. The number of methoxy groups -OCH3 is 1. The van der Waals surface area contributed by atoms with Gasteiger partial charge in [-0.3, -0.25) is 4.79 Å². The van der Waals surface area contributed by atoms with E-state index < -0.39 is 0 Å². The molecule has 0 saturated heterocycles. The van der Waals surface area contributed by atoms with Gasteiger partial charge in [0, 0.05) is 24.0 Å². The summed E-state index contributed by atoms with van der Waals surface area (Å²) in [6.07, 6.45) is 1.56. The second kappa shape index (κ2) is 5.83. The zero-order chi connectivity index (χ0) is 14.8. The van der Waals surface area contributed by atoms with Crippen LogP contribution in [0.1, 0.15) is 21.1 Å². The molecule has 2 N–H and O–H groups in total. The first kappa shape index (κ1) is 14.0. The molecule has 1 amide bonds. The normalized spacial score (nSPS) is 13.3. The van der Waals surface area contributed by atoms with Gasteiger partial charge in [-0.05, 0) is 36.7 Å². The van der Waals surface area contributed by atoms with Crippen molar-refractivity contribution < 1.29 is 9.53 Å². The van der Waals surface area contributed by atoms with Gasteiger partial charge >= 0.3 is 0 Å². The van der Waals surface area contributed by atoms with Gasteiger partial charge in [-0.1, -0.05) is 0 Å². The number of carbonyl (C=O) groups is 1. The molecule has 0 aliphatic carbocycles. The summed E-state index contributed by atoms with van der Waals surface area (Å²) in [6, 6.07) is 5.81. The number of thiazole rings is 1. The van der Waals surface area contributed by atoms with Crippen molar-refractivity contribution in [3.8, 4) is 5.75 Å². The summed E-state index contributed by atoms with van der Waals surface area (Å²) in [4.78, 5) is 18.8. The average molecular weight is 303 g/mol. The molecule has 3 rings (SSSR count). The molecule has 1 aliphatic rings. The second-order valence-corrected chi connectivity index (χ2v) is 5.81. The number of hydrogen-bond donors (Lipinski definition) is 1. The molecule has 6 heteroatoms. The molecule has 0 unspecified atom stereocenters. The molecule has 0 atom stereocenters. The highest BCUT2D eigenvalue weighted by Crippen LogP contribution is 2.32. The zero-order valence-corrected chi connectivity index (χ0v) is 12.7. The molecule has 2 aromatic rings. The van der Waals surface area contributed by atoms with Crippen molar-refractivity contribution in [3.63, 3.8) is 0 Å². The number of ether oxygens (including phenoxy) is 1. The quantitative estimate of drug-likeness (QED) is 0.936. The van der Waals surface area contributed by atoms with Gasteiger partial charge in [0.25, 0.3) is 5.91 Å². The van der Waals surface area contributed by atoms with Crippen molar-refractivity contribution in [2.75, 3.05) is 25.1 Å². The summed E-state index contributed by atoms with van der Waals surface area (Å²) in [5.41, 5.74) is 8.12. The van der Waals surface area contributed by atoms with Gasteiger partial charge in [0.05, 0.1) is 12.1 Å². The summed E-state index contributed by atoms with van der Waals surface area (Å²) < 4.78 is 5.22. The molecule has 5 nitrogen and oxygen atoms in total. The van der Waals surface area contributed by atoms with Crippen LogP contribution in [-0.4, -0.2) is 31.1 Å². The Kier molecular flexibility index (Phi) is 3.90. The number of rotatable bonds is 4. The van der Waals surface area contributed by atoms with Gasteiger partial charge in [-0.15, -0.1) is 11.3 Å². The Balaban J connectivity index is 1.84. The molecule has 0 fully saturated rings. The number of nitrogens with two attached hydrogens (primary N) is 1. The zero-order valence-electron chi connectivity index (χ0n) is 11.8. The van der Waals surface area contributed by atoms with Crippen LogP contribution in [0.4, 0.5) is 5.69 Å². The van der Waals surface area contributed by atoms with Gasteiger partial charge < -0.3 is 15.4 Å². The highest BCUT2D eigenvalue weighted by molar-refractivity contribution is 7.09. The summed E-state index contributed by atoms with van der Waals surface area (Å²) in [5, 5.41) is 2.73. The van der Waals surface area contributed by atoms with Crippen molar-refractivity contribution in [3.05, 3.63) is 39.8 Å². The average Bonchev–Trinajstić information content (AvgIpc) is 3.13. The largest absolute Gasteiger partial charge is 0.497 e. The van der Waals surface area contributed by atoms with Crippen LogP contribution in [-0.2, 0) is 12.8 Å². The molecule has 1 aromatic carbocycles. The maximum absolute atomic E-state index is 12.6. The van der Waals surface area contributed by atoms with Crippen molar-refractivity contribution in [2.45, 2.75) is 12.8 Å².